The van der Waals surface area contributed by atoms with Crippen LogP contribution in [0.1, 0.15) is 43.6 Å². The van der Waals surface area contributed by atoms with Crippen LogP contribution in [0.15, 0.2) is 237 Å². The predicted octanol–water partition coefficient (Wildman–Crippen LogP) is 18.1. The molecule has 12 rings (SSSR count). The third kappa shape index (κ3) is 7.16. The first-order valence-electron chi connectivity index (χ1n) is 23.6. The molecule has 0 bridgehead atoms. The summed E-state index contributed by atoms with van der Waals surface area (Å²) in [5.41, 5.74) is 17.9. The van der Waals surface area contributed by atoms with Gasteiger partial charge < -0.3 is 9.47 Å². The number of nitrogens with zero attached hydrogens (tertiary/aromatic N) is 2. The summed E-state index contributed by atoms with van der Waals surface area (Å²) in [5.74, 6) is 0.704. The average molecular weight is 847 g/mol. The molecule has 1 saturated carbocycles. The fourth-order valence-corrected chi connectivity index (χ4v) is 10.8. The van der Waals surface area contributed by atoms with Gasteiger partial charge >= 0.3 is 0 Å². The van der Waals surface area contributed by atoms with Gasteiger partial charge in [0.25, 0.3) is 0 Å². The highest BCUT2D eigenvalue weighted by Gasteiger charge is 2.25. The molecule has 1 aliphatic carbocycles. The second kappa shape index (κ2) is 17.2. The van der Waals surface area contributed by atoms with E-state index in [2.05, 4.69) is 246 Å². The summed E-state index contributed by atoms with van der Waals surface area (Å²) in [7, 11) is 0. The van der Waals surface area contributed by atoms with Gasteiger partial charge in [-0.3, -0.25) is 0 Å². The van der Waals surface area contributed by atoms with Crippen molar-refractivity contribution in [2.75, 3.05) is 4.90 Å². The van der Waals surface area contributed by atoms with E-state index in [9.17, 15) is 0 Å². The zero-order chi connectivity index (χ0) is 43.8. The number of hydrogen-bond donors (Lipinski definition) is 0. The summed E-state index contributed by atoms with van der Waals surface area (Å²) in [5, 5.41) is 4.88. The Morgan fingerprint density at radius 1 is 0.364 bits per heavy atom. The maximum atomic E-state index is 2.52. The lowest BCUT2D eigenvalue weighted by molar-refractivity contribution is 0.443. The standard InChI is InChI=1S/C64H50N2/c1-5-18-45(19-6-1)46-32-34-47(35-33-46)48-36-39-53(40-37-48)65-59-30-16-15-28-57(59)58-42-41-54(44-62(58)65)66(61-43-38-50-22-13-14-27-55(50)64(61)52-25-11-4-12-26-52)60-31-17-29-56(49-20-7-2-8-21-49)63(60)51-23-9-3-10-24-51/h2-4,7-17,20-45H,1,5-6,18-19H2. The van der Waals surface area contributed by atoms with E-state index in [1.807, 2.05) is 0 Å². The quantitative estimate of drug-likeness (QED) is 0.140. The molecule has 0 radical (unpaired) electrons. The van der Waals surface area contributed by atoms with Crippen LogP contribution in [0, 0.1) is 0 Å². The summed E-state index contributed by atoms with van der Waals surface area (Å²) < 4.78 is 2.46. The summed E-state index contributed by atoms with van der Waals surface area (Å²) in [4.78, 5) is 2.52. The Morgan fingerprint density at radius 2 is 0.939 bits per heavy atom. The van der Waals surface area contributed by atoms with Crippen LogP contribution >= 0.6 is 0 Å². The van der Waals surface area contributed by atoms with Crippen LogP contribution in [0.4, 0.5) is 17.1 Å². The van der Waals surface area contributed by atoms with Gasteiger partial charge in [0.2, 0.25) is 0 Å². The predicted molar refractivity (Wildman–Crippen MR) is 281 cm³/mol. The maximum absolute atomic E-state index is 2.52. The lowest BCUT2D eigenvalue weighted by Crippen LogP contribution is -2.13. The Kier molecular flexibility index (Phi) is 10.3. The molecular weight excluding hydrogens is 797 g/mol. The lowest BCUT2D eigenvalue weighted by Gasteiger charge is -2.31. The lowest BCUT2D eigenvalue weighted by atomic mass is 9.84. The van der Waals surface area contributed by atoms with Crippen molar-refractivity contribution in [2.24, 2.45) is 0 Å². The molecule has 2 nitrogen and oxygen atoms in total. The number of hydrogen-bond acceptors (Lipinski definition) is 1. The van der Waals surface area contributed by atoms with Gasteiger partial charge in [0.1, 0.15) is 0 Å². The summed E-state index contributed by atoms with van der Waals surface area (Å²) in [6.45, 7) is 0. The fourth-order valence-electron chi connectivity index (χ4n) is 10.8. The van der Waals surface area contributed by atoms with Gasteiger partial charge in [-0.25, -0.2) is 0 Å². The van der Waals surface area contributed by atoms with Gasteiger partial charge in [0, 0.05) is 33.3 Å². The van der Waals surface area contributed by atoms with Crippen LogP contribution in [0.25, 0.3) is 82.8 Å². The number of anilines is 3. The van der Waals surface area contributed by atoms with Crippen molar-refractivity contribution in [3.63, 3.8) is 0 Å². The molecule has 1 aliphatic rings. The van der Waals surface area contributed by atoms with E-state index >= 15 is 0 Å². The van der Waals surface area contributed by atoms with Crippen LogP contribution in [-0.4, -0.2) is 4.57 Å². The molecule has 1 aromatic heterocycles. The van der Waals surface area contributed by atoms with Crippen LogP contribution in [0.5, 0.6) is 0 Å². The van der Waals surface area contributed by atoms with E-state index in [0.29, 0.717) is 5.92 Å². The van der Waals surface area contributed by atoms with Gasteiger partial charge in [0.15, 0.2) is 0 Å². The number of benzene rings is 10. The highest BCUT2D eigenvalue weighted by molar-refractivity contribution is 6.12. The van der Waals surface area contributed by atoms with Crippen LogP contribution < -0.4 is 4.90 Å². The molecular formula is C64H50N2. The van der Waals surface area contributed by atoms with Crippen molar-refractivity contribution < 1.29 is 0 Å². The van der Waals surface area contributed by atoms with Gasteiger partial charge in [-0.15, -0.1) is 0 Å². The number of rotatable bonds is 9. The summed E-state index contributed by atoms with van der Waals surface area (Å²) in [6.07, 6.45) is 6.72. The highest BCUT2D eigenvalue weighted by atomic mass is 15.2. The molecule has 0 aliphatic heterocycles. The van der Waals surface area contributed by atoms with Gasteiger partial charge in [0.05, 0.1) is 22.4 Å². The first-order chi connectivity index (χ1) is 32.8. The maximum Gasteiger partial charge on any atom is 0.0561 e. The van der Waals surface area contributed by atoms with Crippen molar-refractivity contribution in [2.45, 2.75) is 38.0 Å². The van der Waals surface area contributed by atoms with E-state index in [4.69, 9.17) is 0 Å². The third-order valence-corrected chi connectivity index (χ3v) is 14.0. The van der Waals surface area contributed by atoms with E-state index in [1.54, 1.807) is 0 Å². The zero-order valence-electron chi connectivity index (χ0n) is 37.0. The Bertz CT molecular complexity index is 3470. The summed E-state index contributed by atoms with van der Waals surface area (Å²) >= 11 is 0. The third-order valence-electron chi connectivity index (χ3n) is 14.0. The van der Waals surface area contributed by atoms with Gasteiger partial charge in [-0.2, -0.15) is 0 Å². The zero-order valence-corrected chi connectivity index (χ0v) is 37.0. The van der Waals surface area contributed by atoms with Crippen LogP contribution in [0.2, 0.25) is 0 Å². The second-order valence-electron chi connectivity index (χ2n) is 17.9. The summed E-state index contributed by atoms with van der Waals surface area (Å²) in [6, 6.07) is 87.4. The Morgan fingerprint density at radius 3 is 1.65 bits per heavy atom. The largest absolute Gasteiger partial charge is 0.309 e. The molecule has 316 valence electrons. The monoisotopic (exact) mass is 846 g/mol. The molecule has 10 aromatic carbocycles. The number of para-hydroxylation sites is 1. The minimum Gasteiger partial charge on any atom is -0.309 e. The van der Waals surface area contributed by atoms with E-state index in [0.717, 1.165) is 33.8 Å². The van der Waals surface area contributed by atoms with Crippen molar-refractivity contribution >= 4 is 49.6 Å². The average Bonchev–Trinajstić information content (AvgIpc) is 3.73. The normalized spacial score (nSPS) is 13.1. The van der Waals surface area contributed by atoms with Crippen molar-refractivity contribution in [1.82, 2.24) is 4.57 Å². The SMILES string of the molecule is c1ccc(-c2cccc(N(c3ccc4c5ccccc5n(-c5ccc(-c6ccc(C7CCCCC7)cc6)cc5)c4c3)c3ccc4ccccc4c3-c3ccccc3)c2-c2ccccc2)cc1. The van der Waals surface area contributed by atoms with Gasteiger partial charge in [-0.1, -0.05) is 213 Å². The molecule has 0 unspecified atom stereocenters. The molecule has 0 amide bonds. The van der Waals surface area contributed by atoms with E-state index < -0.39 is 0 Å². The second-order valence-corrected chi connectivity index (χ2v) is 17.9. The van der Waals surface area contributed by atoms with Crippen LogP contribution in [0.3, 0.4) is 0 Å². The number of fused-ring (bicyclic) bond motifs is 4. The molecule has 0 atom stereocenters. The molecule has 1 heterocycles. The van der Waals surface area contributed by atoms with Gasteiger partial charge in [-0.05, 0) is 111 Å². The van der Waals surface area contributed by atoms with Crippen molar-refractivity contribution in [3.05, 3.63) is 242 Å². The smallest absolute Gasteiger partial charge is 0.0561 e. The Hall–Kier alpha value is -7.94. The molecule has 0 N–H and O–H groups in total. The fraction of sp³-hybridized carbons (Fsp3) is 0.0938. The Balaban J connectivity index is 1.08. The van der Waals surface area contributed by atoms with E-state index in [1.165, 1.54) is 104 Å². The molecule has 0 spiro atoms. The van der Waals surface area contributed by atoms with E-state index in [-0.39, 0.29) is 0 Å². The molecule has 66 heavy (non-hydrogen) atoms. The molecule has 2 heteroatoms. The molecule has 1 fully saturated rings. The van der Waals surface area contributed by atoms with Crippen LogP contribution in [-0.2, 0) is 0 Å². The minimum absolute atomic E-state index is 0.704. The first-order valence-corrected chi connectivity index (χ1v) is 23.6. The first kappa shape index (κ1) is 39.6. The Labute approximate surface area is 387 Å². The highest BCUT2D eigenvalue weighted by Crippen LogP contribution is 2.50. The molecule has 11 aromatic rings. The number of aromatic nitrogens is 1. The van der Waals surface area contributed by atoms with Crippen molar-refractivity contribution in [3.8, 4) is 50.2 Å². The topological polar surface area (TPSA) is 8.17 Å². The van der Waals surface area contributed by atoms with Crippen molar-refractivity contribution in [1.29, 1.82) is 0 Å². The minimum atomic E-state index is 0.704. The molecule has 0 saturated heterocycles.